The lowest BCUT2D eigenvalue weighted by atomic mass is 10.0. The van der Waals surface area contributed by atoms with Gasteiger partial charge >= 0.3 is 0 Å². The smallest absolute Gasteiger partial charge is 0.270 e. The van der Waals surface area contributed by atoms with Crippen LogP contribution < -0.4 is 15.4 Å². The largest absolute Gasteiger partial charge is 0.382 e. The molecule has 0 aliphatic carbocycles. The van der Waals surface area contributed by atoms with Gasteiger partial charge in [0.05, 0.1) is 4.91 Å². The SMILES string of the molecule is CCOCCCN1C(=O)/C(=C\c2c(C)c(C#N)c(=O)n(C)c2N2CCN(c3ccc(F)cc3)CC2)SC1=S. The van der Waals surface area contributed by atoms with Crippen molar-refractivity contribution in [3.05, 3.63) is 62.0 Å². The highest BCUT2D eigenvalue weighted by atomic mass is 32.2. The average Bonchev–Trinajstić information content (AvgIpc) is 3.18. The molecule has 11 heteroatoms. The van der Waals surface area contributed by atoms with Crippen LogP contribution in [0.15, 0.2) is 34.0 Å². The van der Waals surface area contributed by atoms with E-state index in [0.717, 1.165) is 5.69 Å². The van der Waals surface area contributed by atoms with Crippen molar-refractivity contribution in [3.63, 3.8) is 0 Å². The molecule has 1 amide bonds. The van der Waals surface area contributed by atoms with Crippen LogP contribution in [0.5, 0.6) is 0 Å². The lowest BCUT2D eigenvalue weighted by molar-refractivity contribution is -0.122. The van der Waals surface area contributed by atoms with E-state index >= 15 is 0 Å². The fourth-order valence-corrected chi connectivity index (χ4v) is 6.01. The number of aromatic nitrogens is 1. The highest BCUT2D eigenvalue weighted by Gasteiger charge is 2.33. The molecular formula is C27H30FN5O3S2. The predicted molar refractivity (Wildman–Crippen MR) is 153 cm³/mol. The number of ether oxygens (including phenoxy) is 1. The minimum Gasteiger partial charge on any atom is -0.382 e. The van der Waals surface area contributed by atoms with E-state index in [1.54, 1.807) is 37.1 Å². The average molecular weight is 556 g/mol. The van der Waals surface area contributed by atoms with E-state index in [0.29, 0.717) is 78.5 Å². The molecule has 2 aliphatic rings. The molecular weight excluding hydrogens is 525 g/mol. The Morgan fingerprint density at radius 3 is 2.45 bits per heavy atom. The van der Waals surface area contributed by atoms with Gasteiger partial charge in [0.25, 0.3) is 11.5 Å². The molecule has 2 fully saturated rings. The van der Waals surface area contributed by atoms with Gasteiger partial charge in [-0.2, -0.15) is 5.26 Å². The van der Waals surface area contributed by atoms with Gasteiger partial charge in [-0.05, 0) is 56.2 Å². The van der Waals surface area contributed by atoms with Crippen LogP contribution in [0.2, 0.25) is 0 Å². The Labute approximate surface area is 231 Å². The molecule has 2 aliphatic heterocycles. The molecule has 0 bridgehead atoms. The van der Waals surface area contributed by atoms with Gasteiger partial charge in [-0.15, -0.1) is 0 Å². The number of amides is 1. The Kier molecular flexibility index (Phi) is 8.87. The highest BCUT2D eigenvalue weighted by Crippen LogP contribution is 2.36. The molecule has 38 heavy (non-hydrogen) atoms. The van der Waals surface area contributed by atoms with Crippen molar-refractivity contribution in [1.29, 1.82) is 5.26 Å². The van der Waals surface area contributed by atoms with Crippen molar-refractivity contribution in [2.45, 2.75) is 20.3 Å². The lowest BCUT2D eigenvalue weighted by Gasteiger charge is -2.38. The molecule has 1 aromatic carbocycles. The van der Waals surface area contributed by atoms with Crippen LogP contribution in [0.3, 0.4) is 0 Å². The number of carbonyl (C=O) groups is 1. The number of halogens is 1. The second-order valence-corrected chi connectivity index (χ2v) is 10.7. The van der Waals surface area contributed by atoms with Gasteiger partial charge in [-0.1, -0.05) is 24.0 Å². The first-order valence-electron chi connectivity index (χ1n) is 12.5. The zero-order valence-corrected chi connectivity index (χ0v) is 23.3. The number of carbonyl (C=O) groups excluding carboxylic acids is 1. The summed E-state index contributed by atoms with van der Waals surface area (Å²) in [5.74, 6) is 0.196. The van der Waals surface area contributed by atoms with Crippen LogP contribution in [-0.2, 0) is 16.6 Å². The molecule has 200 valence electrons. The minimum absolute atomic E-state index is 0.0552. The molecule has 0 N–H and O–H groups in total. The van der Waals surface area contributed by atoms with E-state index in [1.165, 1.54) is 28.5 Å². The summed E-state index contributed by atoms with van der Waals surface area (Å²) in [7, 11) is 1.65. The zero-order valence-electron chi connectivity index (χ0n) is 21.7. The van der Waals surface area contributed by atoms with Gasteiger partial charge in [-0.25, -0.2) is 4.39 Å². The minimum atomic E-state index is -0.374. The van der Waals surface area contributed by atoms with Crippen molar-refractivity contribution in [2.24, 2.45) is 7.05 Å². The quantitative estimate of drug-likeness (QED) is 0.277. The molecule has 4 rings (SSSR count). The predicted octanol–water partition coefficient (Wildman–Crippen LogP) is 3.66. The fourth-order valence-electron chi connectivity index (χ4n) is 4.72. The van der Waals surface area contributed by atoms with Crippen LogP contribution in [0.1, 0.15) is 30.0 Å². The lowest BCUT2D eigenvalue weighted by Crippen LogP contribution is -2.48. The summed E-state index contributed by atoms with van der Waals surface area (Å²) in [6.07, 6.45) is 2.44. The Hall–Kier alpha value is -3.20. The van der Waals surface area contributed by atoms with Crippen molar-refractivity contribution in [1.82, 2.24) is 9.47 Å². The first kappa shape index (κ1) is 27.8. The third kappa shape index (κ3) is 5.62. The maximum atomic E-state index is 13.4. The molecule has 1 aromatic heterocycles. The summed E-state index contributed by atoms with van der Waals surface area (Å²) in [5.41, 5.74) is 1.81. The van der Waals surface area contributed by atoms with Gasteiger partial charge in [0.15, 0.2) is 0 Å². The number of pyridine rings is 1. The highest BCUT2D eigenvalue weighted by molar-refractivity contribution is 8.26. The normalized spacial score (nSPS) is 17.0. The van der Waals surface area contributed by atoms with E-state index in [1.807, 2.05) is 13.0 Å². The Balaban J connectivity index is 1.65. The molecule has 2 aromatic rings. The number of rotatable bonds is 8. The monoisotopic (exact) mass is 555 g/mol. The van der Waals surface area contributed by atoms with Crippen LogP contribution in [-0.4, -0.2) is 65.6 Å². The summed E-state index contributed by atoms with van der Waals surface area (Å²) < 4.78 is 20.7. The number of benzene rings is 1. The van der Waals surface area contributed by atoms with Crippen LogP contribution in [0.4, 0.5) is 15.9 Å². The number of hydrogen-bond acceptors (Lipinski definition) is 8. The van der Waals surface area contributed by atoms with Crippen molar-refractivity contribution in [2.75, 3.05) is 55.7 Å². The molecule has 0 atom stereocenters. The van der Waals surface area contributed by atoms with Crippen molar-refractivity contribution < 1.29 is 13.9 Å². The number of hydrogen-bond donors (Lipinski definition) is 0. The Bertz CT molecular complexity index is 1360. The molecule has 0 saturated carbocycles. The van der Waals surface area contributed by atoms with E-state index in [-0.39, 0.29) is 22.8 Å². The van der Waals surface area contributed by atoms with E-state index in [9.17, 15) is 19.2 Å². The molecule has 0 unspecified atom stereocenters. The molecule has 8 nitrogen and oxygen atoms in total. The summed E-state index contributed by atoms with van der Waals surface area (Å²) in [6, 6.07) is 8.45. The van der Waals surface area contributed by atoms with Gasteiger partial charge < -0.3 is 14.5 Å². The summed E-state index contributed by atoms with van der Waals surface area (Å²) in [5, 5.41) is 9.72. The molecule has 0 radical (unpaired) electrons. The van der Waals surface area contributed by atoms with Crippen molar-refractivity contribution >= 4 is 51.8 Å². The van der Waals surface area contributed by atoms with Crippen LogP contribution in [0, 0.1) is 24.1 Å². The number of thioether (sulfide) groups is 1. The van der Waals surface area contributed by atoms with Crippen LogP contribution >= 0.6 is 24.0 Å². The second-order valence-electron chi connectivity index (χ2n) is 9.05. The number of nitriles is 1. The standard InChI is InChI=1S/C27H30FN5O3S2/c1-4-36-15-5-10-33-26(35)23(38-27(33)37)16-21-18(2)22(17-29)25(34)30(3)24(21)32-13-11-31(12-14-32)20-8-6-19(28)7-9-20/h6-9,16H,4-5,10-15H2,1-3H3/b23-16+. The fraction of sp³-hybridized carbons (Fsp3) is 0.407. The Morgan fingerprint density at radius 1 is 1.16 bits per heavy atom. The first-order chi connectivity index (χ1) is 18.3. The third-order valence-corrected chi connectivity index (χ3v) is 8.14. The van der Waals surface area contributed by atoms with Gasteiger partial charge in [0.2, 0.25) is 0 Å². The second kappa shape index (κ2) is 12.1. The van der Waals surface area contributed by atoms with Crippen molar-refractivity contribution in [3.8, 4) is 6.07 Å². The maximum Gasteiger partial charge on any atom is 0.270 e. The van der Waals surface area contributed by atoms with Gasteiger partial charge in [0, 0.05) is 64.2 Å². The molecule has 3 heterocycles. The van der Waals surface area contributed by atoms with Gasteiger partial charge in [-0.3, -0.25) is 19.1 Å². The molecule has 0 spiro atoms. The summed E-state index contributed by atoms with van der Waals surface area (Å²) in [4.78, 5) is 32.6. The third-order valence-electron chi connectivity index (χ3n) is 6.76. The Morgan fingerprint density at radius 2 is 1.82 bits per heavy atom. The van der Waals surface area contributed by atoms with Crippen LogP contribution in [0.25, 0.3) is 6.08 Å². The van der Waals surface area contributed by atoms with E-state index in [4.69, 9.17) is 17.0 Å². The number of nitrogens with zero attached hydrogens (tertiary/aromatic N) is 5. The topological polar surface area (TPSA) is 81.8 Å². The molecule has 2 saturated heterocycles. The number of thiocarbonyl (C=S) groups is 1. The number of anilines is 2. The maximum absolute atomic E-state index is 13.4. The van der Waals surface area contributed by atoms with E-state index in [2.05, 4.69) is 9.80 Å². The summed E-state index contributed by atoms with van der Waals surface area (Å²) in [6.45, 7) is 7.85. The zero-order chi connectivity index (χ0) is 27.4. The first-order valence-corrected chi connectivity index (χ1v) is 13.7. The van der Waals surface area contributed by atoms with Gasteiger partial charge in [0.1, 0.15) is 27.6 Å². The number of piperazine rings is 1. The summed E-state index contributed by atoms with van der Waals surface area (Å²) >= 11 is 6.71. The van der Waals surface area contributed by atoms with E-state index < -0.39 is 0 Å².